The van der Waals surface area contributed by atoms with Crippen LogP contribution in [0, 0.1) is 0 Å². The SMILES string of the molecule is FC(F)(F)c1ccc(-c2ncccc2Br)cc1. The van der Waals surface area contributed by atoms with Gasteiger partial charge in [0.25, 0.3) is 0 Å². The molecule has 1 aromatic heterocycles. The van der Waals surface area contributed by atoms with Gasteiger partial charge in [-0.05, 0) is 40.2 Å². The molecule has 0 aliphatic rings. The van der Waals surface area contributed by atoms with Crippen molar-refractivity contribution in [2.45, 2.75) is 6.18 Å². The monoisotopic (exact) mass is 301 g/mol. The number of benzene rings is 1. The molecule has 17 heavy (non-hydrogen) atoms. The van der Waals surface area contributed by atoms with Crippen LogP contribution in [-0.2, 0) is 6.18 Å². The topological polar surface area (TPSA) is 12.9 Å². The summed E-state index contributed by atoms with van der Waals surface area (Å²) in [7, 11) is 0. The highest BCUT2D eigenvalue weighted by atomic mass is 79.9. The van der Waals surface area contributed by atoms with E-state index >= 15 is 0 Å². The van der Waals surface area contributed by atoms with Crippen molar-refractivity contribution < 1.29 is 13.2 Å². The van der Waals surface area contributed by atoms with Crippen LogP contribution in [0.5, 0.6) is 0 Å². The van der Waals surface area contributed by atoms with Crippen molar-refractivity contribution in [2.75, 3.05) is 0 Å². The summed E-state index contributed by atoms with van der Waals surface area (Å²) in [5, 5.41) is 0. The third kappa shape index (κ3) is 2.66. The number of rotatable bonds is 1. The minimum atomic E-state index is -4.31. The molecule has 0 saturated heterocycles. The van der Waals surface area contributed by atoms with Crippen molar-refractivity contribution in [1.29, 1.82) is 0 Å². The first-order valence-electron chi connectivity index (χ1n) is 4.76. The standard InChI is InChI=1S/C12H7BrF3N/c13-10-2-1-7-17-11(10)8-3-5-9(6-4-8)12(14,15)16/h1-7H. The molecule has 0 atom stereocenters. The zero-order chi connectivity index (χ0) is 12.5. The first kappa shape index (κ1) is 12.1. The average Bonchev–Trinajstić information content (AvgIpc) is 2.29. The normalized spacial score (nSPS) is 11.5. The molecule has 0 unspecified atom stereocenters. The van der Waals surface area contributed by atoms with Crippen molar-refractivity contribution >= 4 is 15.9 Å². The highest BCUT2D eigenvalue weighted by Crippen LogP contribution is 2.32. The molecule has 0 radical (unpaired) electrons. The van der Waals surface area contributed by atoms with Gasteiger partial charge in [0.1, 0.15) is 0 Å². The lowest BCUT2D eigenvalue weighted by Crippen LogP contribution is -2.04. The quantitative estimate of drug-likeness (QED) is 0.754. The molecule has 1 aromatic carbocycles. The lowest BCUT2D eigenvalue weighted by atomic mass is 10.1. The van der Waals surface area contributed by atoms with Crippen molar-refractivity contribution in [3.63, 3.8) is 0 Å². The van der Waals surface area contributed by atoms with Gasteiger partial charge in [-0.2, -0.15) is 13.2 Å². The molecule has 0 aliphatic heterocycles. The maximum absolute atomic E-state index is 12.4. The minimum Gasteiger partial charge on any atom is -0.255 e. The predicted molar refractivity (Wildman–Crippen MR) is 62.4 cm³/mol. The minimum absolute atomic E-state index is 0.626. The fourth-order valence-corrected chi connectivity index (χ4v) is 1.90. The molecule has 2 rings (SSSR count). The smallest absolute Gasteiger partial charge is 0.255 e. The van der Waals surface area contributed by atoms with Crippen LogP contribution in [0.4, 0.5) is 13.2 Å². The van der Waals surface area contributed by atoms with E-state index in [-0.39, 0.29) is 0 Å². The van der Waals surface area contributed by atoms with E-state index in [1.807, 2.05) is 0 Å². The van der Waals surface area contributed by atoms with Gasteiger partial charge in [-0.15, -0.1) is 0 Å². The molecule has 0 aliphatic carbocycles. The van der Waals surface area contributed by atoms with Crippen molar-refractivity contribution in [3.8, 4) is 11.3 Å². The van der Waals surface area contributed by atoms with Crippen molar-refractivity contribution in [2.24, 2.45) is 0 Å². The van der Waals surface area contributed by atoms with Crippen LogP contribution in [0.3, 0.4) is 0 Å². The summed E-state index contributed by atoms with van der Waals surface area (Å²) in [5.41, 5.74) is 0.611. The van der Waals surface area contributed by atoms with Gasteiger partial charge in [0.2, 0.25) is 0 Å². The molecule has 2 aromatic rings. The number of hydrogen-bond donors (Lipinski definition) is 0. The molecule has 0 bridgehead atoms. The summed E-state index contributed by atoms with van der Waals surface area (Å²) >= 11 is 3.31. The summed E-state index contributed by atoms with van der Waals surface area (Å²) in [6.45, 7) is 0. The molecule has 1 heterocycles. The molecule has 0 spiro atoms. The van der Waals surface area contributed by atoms with E-state index in [1.165, 1.54) is 12.1 Å². The number of alkyl halides is 3. The van der Waals surface area contributed by atoms with Gasteiger partial charge < -0.3 is 0 Å². The van der Waals surface area contributed by atoms with Crippen LogP contribution in [0.15, 0.2) is 47.1 Å². The van der Waals surface area contributed by atoms with Gasteiger partial charge in [0.15, 0.2) is 0 Å². The average molecular weight is 302 g/mol. The Hall–Kier alpha value is -1.36. The van der Waals surface area contributed by atoms with E-state index in [0.717, 1.165) is 16.6 Å². The molecule has 0 fully saturated rings. The maximum atomic E-state index is 12.4. The first-order chi connectivity index (χ1) is 7.98. The molecule has 0 saturated carbocycles. The third-order valence-corrected chi connectivity index (χ3v) is 2.88. The molecule has 88 valence electrons. The van der Waals surface area contributed by atoms with Crippen LogP contribution < -0.4 is 0 Å². The van der Waals surface area contributed by atoms with Gasteiger partial charge in [-0.1, -0.05) is 12.1 Å². The molecule has 0 N–H and O–H groups in total. The second kappa shape index (κ2) is 4.49. The largest absolute Gasteiger partial charge is 0.416 e. The molecular formula is C12H7BrF3N. The zero-order valence-electron chi connectivity index (χ0n) is 8.50. The summed E-state index contributed by atoms with van der Waals surface area (Å²) in [5.74, 6) is 0. The highest BCUT2D eigenvalue weighted by molar-refractivity contribution is 9.10. The number of pyridine rings is 1. The predicted octanol–water partition coefficient (Wildman–Crippen LogP) is 4.53. The maximum Gasteiger partial charge on any atom is 0.416 e. The van der Waals surface area contributed by atoms with Gasteiger partial charge in [-0.3, -0.25) is 4.98 Å². The number of hydrogen-bond acceptors (Lipinski definition) is 1. The third-order valence-electron chi connectivity index (χ3n) is 2.24. The van der Waals surface area contributed by atoms with Gasteiger partial charge >= 0.3 is 6.18 Å². The molecule has 0 amide bonds. The zero-order valence-corrected chi connectivity index (χ0v) is 10.1. The summed E-state index contributed by atoms with van der Waals surface area (Å²) in [6.07, 6.45) is -2.71. The second-order valence-electron chi connectivity index (χ2n) is 3.41. The Balaban J connectivity index is 2.40. The van der Waals surface area contributed by atoms with Gasteiger partial charge in [0.05, 0.1) is 11.3 Å². The van der Waals surface area contributed by atoms with E-state index in [0.29, 0.717) is 11.3 Å². The first-order valence-corrected chi connectivity index (χ1v) is 5.56. The Morgan fingerprint density at radius 1 is 1.00 bits per heavy atom. The molecule has 5 heteroatoms. The Morgan fingerprint density at radius 2 is 1.65 bits per heavy atom. The lowest BCUT2D eigenvalue weighted by Gasteiger charge is -2.08. The fraction of sp³-hybridized carbons (Fsp3) is 0.0833. The second-order valence-corrected chi connectivity index (χ2v) is 4.26. The number of aromatic nitrogens is 1. The molecular weight excluding hydrogens is 295 g/mol. The van der Waals surface area contributed by atoms with Gasteiger partial charge in [0, 0.05) is 16.2 Å². The fourth-order valence-electron chi connectivity index (χ4n) is 1.42. The van der Waals surface area contributed by atoms with Crippen LogP contribution in [0.2, 0.25) is 0 Å². The van der Waals surface area contributed by atoms with Crippen LogP contribution in [0.1, 0.15) is 5.56 Å². The van der Waals surface area contributed by atoms with E-state index in [1.54, 1.807) is 18.3 Å². The van der Waals surface area contributed by atoms with E-state index in [9.17, 15) is 13.2 Å². The van der Waals surface area contributed by atoms with Crippen molar-refractivity contribution in [3.05, 3.63) is 52.6 Å². The number of nitrogens with zero attached hydrogens (tertiary/aromatic N) is 1. The Kier molecular flexibility index (Phi) is 3.19. The van der Waals surface area contributed by atoms with Crippen LogP contribution in [-0.4, -0.2) is 4.98 Å². The van der Waals surface area contributed by atoms with Crippen molar-refractivity contribution in [1.82, 2.24) is 4.98 Å². The Morgan fingerprint density at radius 3 is 2.18 bits per heavy atom. The lowest BCUT2D eigenvalue weighted by molar-refractivity contribution is -0.137. The Labute approximate surface area is 104 Å². The Bertz CT molecular complexity index is 520. The van der Waals surface area contributed by atoms with Crippen LogP contribution in [0.25, 0.3) is 11.3 Å². The van der Waals surface area contributed by atoms with E-state index < -0.39 is 11.7 Å². The van der Waals surface area contributed by atoms with E-state index in [2.05, 4.69) is 20.9 Å². The van der Waals surface area contributed by atoms with Crippen LogP contribution >= 0.6 is 15.9 Å². The summed E-state index contributed by atoms with van der Waals surface area (Å²) < 4.78 is 37.9. The summed E-state index contributed by atoms with van der Waals surface area (Å²) in [6, 6.07) is 8.47. The summed E-state index contributed by atoms with van der Waals surface area (Å²) in [4.78, 5) is 4.11. The number of halogens is 4. The highest BCUT2D eigenvalue weighted by Gasteiger charge is 2.30. The van der Waals surface area contributed by atoms with Gasteiger partial charge in [-0.25, -0.2) is 0 Å². The van der Waals surface area contributed by atoms with E-state index in [4.69, 9.17) is 0 Å². The molecule has 1 nitrogen and oxygen atoms in total.